The third-order valence-electron chi connectivity index (χ3n) is 9.63. The van der Waals surface area contributed by atoms with Gasteiger partial charge >= 0.3 is 0 Å². The van der Waals surface area contributed by atoms with Gasteiger partial charge in [-0.1, -0.05) is 12.1 Å². The fourth-order valence-corrected chi connectivity index (χ4v) is 8.06. The van der Waals surface area contributed by atoms with E-state index < -0.39 is 40.8 Å². The lowest BCUT2D eigenvalue weighted by Gasteiger charge is -2.31. The van der Waals surface area contributed by atoms with Crippen molar-refractivity contribution in [2.24, 2.45) is 18.9 Å². The van der Waals surface area contributed by atoms with Crippen LogP contribution in [0, 0.1) is 17.7 Å². The molecule has 2 fully saturated rings. The van der Waals surface area contributed by atoms with Crippen LogP contribution in [-0.4, -0.2) is 84.3 Å². The summed E-state index contributed by atoms with van der Waals surface area (Å²) >= 11 is 0. The first kappa shape index (κ1) is 34.4. The number of rotatable bonds is 12. The second-order valence-electron chi connectivity index (χ2n) is 13.3. The van der Waals surface area contributed by atoms with Gasteiger partial charge in [-0.3, -0.25) is 9.48 Å². The number of benzene rings is 2. The molecule has 1 saturated heterocycles. The molecule has 1 aliphatic heterocycles. The molecule has 1 aromatic heterocycles. The number of carbonyl (C=O) groups is 1. The minimum Gasteiger partial charge on any atom is -0.330 e. The Bertz CT molecular complexity index is 1640. The first-order valence-electron chi connectivity index (χ1n) is 16.4. The van der Waals surface area contributed by atoms with E-state index in [4.69, 9.17) is 0 Å². The number of nitrogens with zero attached hydrogens (tertiary/aromatic N) is 4. The van der Waals surface area contributed by atoms with Gasteiger partial charge < -0.3 is 9.80 Å². The van der Waals surface area contributed by atoms with Crippen LogP contribution in [0.5, 0.6) is 0 Å². The molecule has 1 atom stereocenters. The molecule has 12 heteroatoms. The predicted molar refractivity (Wildman–Crippen MR) is 175 cm³/mol. The maximum Gasteiger partial charge on any atom is 0.255 e. The number of sulfonamides is 1. The molecule has 3 aromatic rings. The Balaban J connectivity index is 1.33. The third-order valence-corrected chi connectivity index (χ3v) is 11.1. The van der Waals surface area contributed by atoms with E-state index in [0.29, 0.717) is 17.4 Å². The number of alkyl halides is 2. The average molecular weight is 662 g/mol. The molecule has 0 unspecified atom stereocenters. The van der Waals surface area contributed by atoms with Crippen molar-refractivity contribution in [1.82, 2.24) is 24.3 Å². The zero-order valence-electron chi connectivity index (χ0n) is 27.2. The summed E-state index contributed by atoms with van der Waals surface area (Å²) in [5.41, 5.74) is 3.25. The summed E-state index contributed by atoms with van der Waals surface area (Å²) in [5.74, 6) is -0.131. The minimum absolute atomic E-state index is 0.0401. The zero-order valence-corrected chi connectivity index (χ0v) is 28.0. The molecular formula is C34H46F3N5O3S. The first-order valence-corrected chi connectivity index (χ1v) is 18.0. The predicted octanol–water partition coefficient (Wildman–Crippen LogP) is 5.86. The van der Waals surface area contributed by atoms with E-state index in [-0.39, 0.29) is 17.4 Å². The lowest BCUT2D eigenvalue weighted by molar-refractivity contribution is 0.0476. The second kappa shape index (κ2) is 14.4. The Hall–Kier alpha value is -2.96. The van der Waals surface area contributed by atoms with Crippen molar-refractivity contribution in [2.45, 2.75) is 77.8 Å². The van der Waals surface area contributed by atoms with Gasteiger partial charge in [-0.25, -0.2) is 26.3 Å². The first-order chi connectivity index (χ1) is 21.8. The number of hydrogen-bond donors (Lipinski definition) is 1. The number of hydrogen-bond acceptors (Lipinski definition) is 5. The molecule has 0 spiro atoms. The monoisotopic (exact) mass is 661 g/mol. The third kappa shape index (κ3) is 8.12. The highest BCUT2D eigenvalue weighted by Crippen LogP contribution is 2.35. The number of nitrogens with one attached hydrogen (secondary N) is 1. The molecular weight excluding hydrogens is 615 g/mol. The minimum atomic E-state index is -3.18. The SMILES string of the molecule is CCS(=O)(=O)NC1CCC(CN2CC[C@H](Cc3cc(-c4ccc(F)cc4C(=O)N(CC(F)F)C(C)C)c4cnn(C)c4c3)C2)CC1. The summed E-state index contributed by atoms with van der Waals surface area (Å²) in [6.45, 7) is 7.28. The lowest BCUT2D eigenvalue weighted by Crippen LogP contribution is -2.40. The molecule has 0 bridgehead atoms. The average Bonchev–Trinajstić information content (AvgIpc) is 3.61. The number of carbonyl (C=O) groups excluding carboxylic acids is 1. The van der Waals surface area contributed by atoms with Crippen molar-refractivity contribution in [3.8, 4) is 11.1 Å². The Morgan fingerprint density at radius 1 is 1.07 bits per heavy atom. The quantitative estimate of drug-likeness (QED) is 0.263. The topological polar surface area (TPSA) is 87.5 Å². The fraction of sp³-hybridized carbons (Fsp3) is 0.588. The Kier molecular flexibility index (Phi) is 10.8. The highest BCUT2D eigenvalue weighted by molar-refractivity contribution is 7.89. The lowest BCUT2D eigenvalue weighted by atomic mass is 9.86. The van der Waals surface area contributed by atoms with Gasteiger partial charge in [0.15, 0.2) is 0 Å². The zero-order chi connectivity index (χ0) is 33.2. The van der Waals surface area contributed by atoms with Crippen molar-refractivity contribution < 1.29 is 26.4 Å². The van der Waals surface area contributed by atoms with Gasteiger partial charge in [-0.05, 0) is 113 Å². The number of aryl methyl sites for hydroxylation is 1. The molecule has 0 radical (unpaired) electrons. The summed E-state index contributed by atoms with van der Waals surface area (Å²) in [7, 11) is -1.32. The molecule has 1 aliphatic carbocycles. The summed E-state index contributed by atoms with van der Waals surface area (Å²) in [5, 5.41) is 5.27. The van der Waals surface area contributed by atoms with E-state index in [9.17, 15) is 26.4 Å². The van der Waals surface area contributed by atoms with Gasteiger partial charge in [0.25, 0.3) is 12.3 Å². The number of halogens is 3. The van der Waals surface area contributed by atoms with Crippen LogP contribution in [-0.2, 0) is 23.5 Å². The molecule has 252 valence electrons. The molecule has 2 heterocycles. The van der Waals surface area contributed by atoms with Gasteiger partial charge in [0.2, 0.25) is 10.0 Å². The van der Waals surface area contributed by atoms with Gasteiger partial charge in [0, 0.05) is 37.6 Å². The molecule has 8 nitrogen and oxygen atoms in total. The van der Waals surface area contributed by atoms with Crippen molar-refractivity contribution in [3.05, 3.63) is 53.5 Å². The number of aromatic nitrogens is 2. The van der Waals surface area contributed by atoms with Crippen molar-refractivity contribution >= 4 is 26.8 Å². The van der Waals surface area contributed by atoms with Crippen LogP contribution in [0.2, 0.25) is 0 Å². The van der Waals surface area contributed by atoms with Crippen LogP contribution in [0.1, 0.15) is 68.8 Å². The Morgan fingerprint density at radius 2 is 1.80 bits per heavy atom. The maximum absolute atomic E-state index is 14.6. The number of fused-ring (bicyclic) bond motifs is 1. The van der Waals surface area contributed by atoms with E-state index in [1.807, 2.05) is 13.1 Å². The summed E-state index contributed by atoms with van der Waals surface area (Å²) < 4.78 is 69.9. The van der Waals surface area contributed by atoms with Gasteiger partial charge in [-0.2, -0.15) is 5.10 Å². The molecule has 2 aliphatic rings. The van der Waals surface area contributed by atoms with Crippen molar-refractivity contribution in [2.75, 3.05) is 31.9 Å². The van der Waals surface area contributed by atoms with Crippen LogP contribution in [0.4, 0.5) is 13.2 Å². The van der Waals surface area contributed by atoms with Gasteiger partial charge in [-0.15, -0.1) is 0 Å². The summed E-state index contributed by atoms with van der Waals surface area (Å²) in [6, 6.07) is 7.73. The van der Waals surface area contributed by atoms with Crippen LogP contribution < -0.4 is 4.72 Å². The highest BCUT2D eigenvalue weighted by Gasteiger charge is 2.30. The van der Waals surface area contributed by atoms with E-state index >= 15 is 0 Å². The molecule has 1 saturated carbocycles. The second-order valence-corrected chi connectivity index (χ2v) is 15.4. The molecule has 46 heavy (non-hydrogen) atoms. The van der Waals surface area contributed by atoms with Crippen LogP contribution >= 0.6 is 0 Å². The maximum atomic E-state index is 14.6. The Labute approximate surface area is 270 Å². The molecule has 2 aromatic carbocycles. The van der Waals surface area contributed by atoms with Crippen LogP contribution in [0.25, 0.3) is 22.0 Å². The fourth-order valence-electron chi connectivity index (χ4n) is 7.15. The Morgan fingerprint density at radius 3 is 2.48 bits per heavy atom. The van der Waals surface area contributed by atoms with Gasteiger partial charge in [0.1, 0.15) is 5.82 Å². The molecule has 5 rings (SSSR count). The van der Waals surface area contributed by atoms with Crippen LogP contribution in [0.15, 0.2) is 36.5 Å². The van der Waals surface area contributed by atoms with Crippen molar-refractivity contribution in [1.29, 1.82) is 0 Å². The van der Waals surface area contributed by atoms with E-state index in [1.54, 1.807) is 37.7 Å². The largest absolute Gasteiger partial charge is 0.330 e. The highest BCUT2D eigenvalue weighted by atomic mass is 32.2. The summed E-state index contributed by atoms with van der Waals surface area (Å²) in [6.07, 6.45) is 4.68. The van der Waals surface area contributed by atoms with Gasteiger partial charge in [0.05, 0.1) is 29.6 Å². The van der Waals surface area contributed by atoms with E-state index in [0.717, 1.165) is 91.2 Å². The molecule has 1 N–H and O–H groups in total. The van der Waals surface area contributed by atoms with Crippen molar-refractivity contribution in [3.63, 3.8) is 0 Å². The normalized spacial score (nSPS) is 21.1. The number of likely N-dealkylation sites (tertiary alicyclic amines) is 1. The molecule has 1 amide bonds. The standard InChI is InChI=1S/C34H46F3N5O3S/c1-5-46(44,45)39-27-9-6-23(7-10-27)19-41-13-12-24(20-41)14-25-15-29(31-18-38-40(4)32(31)16-25)28-11-8-26(35)17-30(28)34(43)42(22(2)3)21-33(36)37/h8,11,15-18,22-24,27,33,39H,5-7,9-10,12-14,19-21H2,1-4H3/t23?,24-,27?/m1/s1. The van der Waals surface area contributed by atoms with Crippen LogP contribution in [0.3, 0.4) is 0 Å². The number of amides is 1. The smallest absolute Gasteiger partial charge is 0.255 e. The van der Waals surface area contributed by atoms with E-state index in [1.165, 1.54) is 6.07 Å². The summed E-state index contributed by atoms with van der Waals surface area (Å²) in [4.78, 5) is 17.3. The van der Waals surface area contributed by atoms with E-state index in [2.05, 4.69) is 20.8 Å².